The van der Waals surface area contributed by atoms with Gasteiger partial charge in [0.05, 0.1) is 25.2 Å². The van der Waals surface area contributed by atoms with E-state index in [1.807, 2.05) is 23.1 Å². The van der Waals surface area contributed by atoms with E-state index in [4.69, 9.17) is 0 Å². The molecule has 8 heteroatoms. The third kappa shape index (κ3) is 7.39. The van der Waals surface area contributed by atoms with E-state index in [9.17, 15) is 14.0 Å². The van der Waals surface area contributed by atoms with Crippen LogP contribution in [0.1, 0.15) is 30.5 Å². The van der Waals surface area contributed by atoms with Crippen molar-refractivity contribution in [3.63, 3.8) is 0 Å². The maximum atomic E-state index is 13.3. The topological polar surface area (TPSA) is 74.3 Å². The number of halogens is 2. The van der Waals surface area contributed by atoms with Crippen molar-refractivity contribution >= 4 is 24.2 Å². The van der Waals surface area contributed by atoms with E-state index < -0.39 is 0 Å². The van der Waals surface area contributed by atoms with Crippen LogP contribution in [0.3, 0.4) is 0 Å². The van der Waals surface area contributed by atoms with E-state index in [1.165, 1.54) is 12.1 Å². The van der Waals surface area contributed by atoms with Gasteiger partial charge in [0.1, 0.15) is 5.82 Å². The molecule has 2 amide bonds. The van der Waals surface area contributed by atoms with Crippen LogP contribution in [0.2, 0.25) is 0 Å². The van der Waals surface area contributed by atoms with Gasteiger partial charge in [-0.3, -0.25) is 14.6 Å². The summed E-state index contributed by atoms with van der Waals surface area (Å²) in [7, 11) is 0. The molecule has 1 fully saturated rings. The fourth-order valence-corrected chi connectivity index (χ4v) is 3.57. The molecule has 6 nitrogen and oxygen atoms in total. The van der Waals surface area contributed by atoms with E-state index in [-0.39, 0.29) is 49.0 Å². The summed E-state index contributed by atoms with van der Waals surface area (Å²) in [4.78, 5) is 31.4. The fraction of sp³-hybridized carbons (Fsp3) is 0.409. The number of hydrogen-bond acceptors (Lipinski definition) is 4. The van der Waals surface area contributed by atoms with Gasteiger partial charge in [0.25, 0.3) is 0 Å². The number of carbonyl (C=O) groups is 2. The molecule has 0 saturated carbocycles. The summed E-state index contributed by atoms with van der Waals surface area (Å²) in [5.41, 5.74) is 1.40. The second-order valence-electron chi connectivity index (χ2n) is 7.26. The standard InChI is InChI=1S/C22H27FN4O2.ClH/c23-18-6-3-5-17(13-18)14-21(28)26-15-22(29)27(16-19-7-1-2-11-25-19)20-8-4-10-24-12-9-20;/h1-3,5-7,11,13,20,24H,4,8-10,12,14-16H2,(H,26,28);1H. The molecule has 1 unspecified atom stereocenters. The maximum absolute atomic E-state index is 13.3. The molecule has 2 aromatic rings. The highest BCUT2D eigenvalue weighted by Crippen LogP contribution is 2.16. The Morgan fingerprint density at radius 1 is 1.17 bits per heavy atom. The lowest BCUT2D eigenvalue weighted by molar-refractivity contribution is -0.135. The second-order valence-corrected chi connectivity index (χ2v) is 7.26. The van der Waals surface area contributed by atoms with Gasteiger partial charge in [0, 0.05) is 12.2 Å². The Bertz CT molecular complexity index is 814. The fourth-order valence-electron chi connectivity index (χ4n) is 3.57. The molecule has 1 atom stereocenters. The molecule has 0 aliphatic carbocycles. The monoisotopic (exact) mass is 434 g/mol. The Morgan fingerprint density at radius 2 is 2.03 bits per heavy atom. The molecule has 0 spiro atoms. The van der Waals surface area contributed by atoms with E-state index in [1.54, 1.807) is 18.3 Å². The average Bonchev–Trinajstić information content (AvgIpc) is 3.00. The van der Waals surface area contributed by atoms with Crippen molar-refractivity contribution in [2.24, 2.45) is 0 Å². The van der Waals surface area contributed by atoms with Crippen molar-refractivity contribution < 1.29 is 14.0 Å². The highest BCUT2D eigenvalue weighted by molar-refractivity contribution is 5.86. The van der Waals surface area contributed by atoms with Crippen molar-refractivity contribution in [2.75, 3.05) is 19.6 Å². The molecule has 2 N–H and O–H groups in total. The first-order valence-electron chi connectivity index (χ1n) is 10.0. The first-order valence-corrected chi connectivity index (χ1v) is 10.0. The lowest BCUT2D eigenvalue weighted by Crippen LogP contribution is -2.45. The molecule has 0 radical (unpaired) electrons. The van der Waals surface area contributed by atoms with E-state index in [2.05, 4.69) is 15.6 Å². The predicted molar refractivity (Wildman–Crippen MR) is 116 cm³/mol. The van der Waals surface area contributed by atoms with E-state index >= 15 is 0 Å². The lowest BCUT2D eigenvalue weighted by Gasteiger charge is -2.31. The Balaban J connectivity index is 0.00000320. The number of rotatable bonds is 7. The molecule has 3 rings (SSSR count). The number of hydrogen-bond donors (Lipinski definition) is 2. The van der Waals surface area contributed by atoms with Gasteiger partial charge in [-0.25, -0.2) is 4.39 Å². The Hall–Kier alpha value is -2.51. The summed E-state index contributed by atoms with van der Waals surface area (Å²) >= 11 is 0. The molecule has 0 bridgehead atoms. The van der Waals surface area contributed by atoms with Crippen molar-refractivity contribution in [2.45, 2.75) is 38.3 Å². The van der Waals surface area contributed by atoms with Crippen LogP contribution in [0.5, 0.6) is 0 Å². The molecule has 1 aliphatic heterocycles. The zero-order chi connectivity index (χ0) is 20.5. The second kappa shape index (κ2) is 12.2. The van der Waals surface area contributed by atoms with Gasteiger partial charge in [0.15, 0.2) is 0 Å². The van der Waals surface area contributed by atoms with Gasteiger partial charge in [-0.05, 0) is 62.2 Å². The van der Waals surface area contributed by atoms with Crippen LogP contribution in [0, 0.1) is 5.82 Å². The lowest BCUT2D eigenvalue weighted by atomic mass is 10.1. The number of carbonyl (C=O) groups excluding carboxylic acids is 2. The van der Waals surface area contributed by atoms with Crippen molar-refractivity contribution in [3.8, 4) is 0 Å². The molecule has 30 heavy (non-hydrogen) atoms. The smallest absolute Gasteiger partial charge is 0.242 e. The first kappa shape index (κ1) is 23.8. The van der Waals surface area contributed by atoms with Gasteiger partial charge in [0.2, 0.25) is 11.8 Å². The van der Waals surface area contributed by atoms with Crippen molar-refractivity contribution in [3.05, 3.63) is 65.7 Å². The van der Waals surface area contributed by atoms with Crippen molar-refractivity contribution in [1.82, 2.24) is 20.5 Å². The Labute approximate surface area is 182 Å². The number of benzene rings is 1. The molecular formula is C22H28ClFN4O2. The number of amides is 2. The summed E-state index contributed by atoms with van der Waals surface area (Å²) in [6.45, 7) is 2.16. The third-order valence-electron chi connectivity index (χ3n) is 5.06. The molecule has 162 valence electrons. The van der Waals surface area contributed by atoms with Crippen LogP contribution in [-0.2, 0) is 22.6 Å². The minimum atomic E-state index is -0.380. The molecule has 2 heterocycles. The normalized spacial score (nSPS) is 16.1. The SMILES string of the molecule is Cl.O=C(Cc1cccc(F)c1)NCC(=O)N(Cc1ccccn1)C1CCCNCC1. The summed E-state index contributed by atoms with van der Waals surface area (Å²) in [6, 6.07) is 11.7. The molecule has 1 aromatic carbocycles. The summed E-state index contributed by atoms with van der Waals surface area (Å²) in [6.07, 6.45) is 4.55. The summed E-state index contributed by atoms with van der Waals surface area (Å²) < 4.78 is 13.3. The van der Waals surface area contributed by atoms with Gasteiger partial charge in [-0.1, -0.05) is 18.2 Å². The highest BCUT2D eigenvalue weighted by atomic mass is 35.5. The minimum Gasteiger partial charge on any atom is -0.347 e. The first-order chi connectivity index (χ1) is 14.1. The number of pyridine rings is 1. The Kier molecular flexibility index (Phi) is 9.70. The van der Waals surface area contributed by atoms with E-state index in [0.717, 1.165) is 38.0 Å². The average molecular weight is 435 g/mol. The van der Waals surface area contributed by atoms with Crippen LogP contribution < -0.4 is 10.6 Å². The van der Waals surface area contributed by atoms with Crippen LogP contribution in [-0.4, -0.2) is 47.4 Å². The summed E-state index contributed by atoms with van der Waals surface area (Å²) in [5, 5.41) is 6.05. The van der Waals surface area contributed by atoms with Gasteiger partial charge in [-0.2, -0.15) is 0 Å². The molecule has 1 aromatic heterocycles. The Morgan fingerprint density at radius 3 is 2.80 bits per heavy atom. The predicted octanol–water partition coefficient (Wildman–Crippen LogP) is 2.47. The third-order valence-corrected chi connectivity index (χ3v) is 5.06. The minimum absolute atomic E-state index is 0. The van der Waals surface area contributed by atoms with Gasteiger partial charge < -0.3 is 15.5 Å². The van der Waals surface area contributed by atoms with Gasteiger partial charge in [-0.15, -0.1) is 12.4 Å². The largest absolute Gasteiger partial charge is 0.347 e. The van der Waals surface area contributed by atoms with Crippen LogP contribution in [0.15, 0.2) is 48.7 Å². The van der Waals surface area contributed by atoms with Crippen molar-refractivity contribution in [1.29, 1.82) is 0 Å². The molecule has 1 aliphatic rings. The zero-order valence-corrected chi connectivity index (χ0v) is 17.7. The zero-order valence-electron chi connectivity index (χ0n) is 16.9. The maximum Gasteiger partial charge on any atom is 0.242 e. The highest BCUT2D eigenvalue weighted by Gasteiger charge is 2.25. The number of aromatic nitrogens is 1. The van der Waals surface area contributed by atoms with Crippen LogP contribution in [0.4, 0.5) is 4.39 Å². The van der Waals surface area contributed by atoms with Crippen LogP contribution in [0.25, 0.3) is 0 Å². The van der Waals surface area contributed by atoms with E-state index in [0.29, 0.717) is 12.1 Å². The van der Waals surface area contributed by atoms with Gasteiger partial charge >= 0.3 is 0 Å². The molecule has 1 saturated heterocycles. The number of nitrogens with one attached hydrogen (secondary N) is 2. The molecular weight excluding hydrogens is 407 g/mol. The summed E-state index contributed by atoms with van der Waals surface area (Å²) in [5.74, 6) is -0.811. The number of nitrogens with zero attached hydrogens (tertiary/aromatic N) is 2. The van der Waals surface area contributed by atoms with Crippen LogP contribution >= 0.6 is 12.4 Å². The quantitative estimate of drug-likeness (QED) is 0.702.